The van der Waals surface area contributed by atoms with Crippen LogP contribution < -0.4 is 0 Å². The minimum atomic E-state index is -1.06. The van der Waals surface area contributed by atoms with Crippen molar-refractivity contribution in [3.8, 4) is 0 Å². The summed E-state index contributed by atoms with van der Waals surface area (Å²) in [5.74, 6) is -3.35. The summed E-state index contributed by atoms with van der Waals surface area (Å²) in [6.45, 7) is 4.02. The lowest BCUT2D eigenvalue weighted by Crippen LogP contribution is -2.44. The molecule has 0 aromatic carbocycles. The summed E-state index contributed by atoms with van der Waals surface area (Å²) in [4.78, 5) is 36.5. The van der Waals surface area contributed by atoms with Crippen molar-refractivity contribution in [1.29, 1.82) is 0 Å². The van der Waals surface area contributed by atoms with Gasteiger partial charge in [-0.05, 0) is 26.2 Å². The second-order valence-corrected chi connectivity index (χ2v) is 6.75. The molecule has 0 aromatic heterocycles. The van der Waals surface area contributed by atoms with Crippen LogP contribution in [0.3, 0.4) is 0 Å². The van der Waals surface area contributed by atoms with Gasteiger partial charge in [0.1, 0.15) is 0 Å². The van der Waals surface area contributed by atoms with Gasteiger partial charge in [0.25, 0.3) is 0 Å². The predicted octanol–water partition coefficient (Wildman–Crippen LogP) is 1.60. The molecule has 7 nitrogen and oxygen atoms in total. The SMILES string of the molecule is COC[C@H]1C=C[C@@H](C(C(=O)OC)C(=O)OC)C[C@H]1C(C)(C)C(=O)OC. The first-order valence-corrected chi connectivity index (χ1v) is 8.15. The highest BCUT2D eigenvalue weighted by atomic mass is 16.5. The normalized spacial score (nSPS) is 23.2. The van der Waals surface area contributed by atoms with Crippen molar-refractivity contribution in [3.63, 3.8) is 0 Å². The van der Waals surface area contributed by atoms with Crippen LogP contribution in [-0.4, -0.2) is 53.0 Å². The summed E-state index contributed by atoms with van der Waals surface area (Å²) in [5, 5.41) is 0. The van der Waals surface area contributed by atoms with E-state index in [4.69, 9.17) is 18.9 Å². The van der Waals surface area contributed by atoms with Crippen LogP contribution in [0.2, 0.25) is 0 Å². The van der Waals surface area contributed by atoms with E-state index in [-0.39, 0.29) is 17.8 Å². The summed E-state index contributed by atoms with van der Waals surface area (Å²) < 4.78 is 19.7. The van der Waals surface area contributed by atoms with E-state index in [2.05, 4.69) is 0 Å². The second kappa shape index (κ2) is 8.99. The first-order chi connectivity index (χ1) is 11.7. The highest BCUT2D eigenvalue weighted by Crippen LogP contribution is 2.44. The Kier molecular flexibility index (Phi) is 7.60. The van der Waals surface area contributed by atoms with Crippen LogP contribution in [0.15, 0.2) is 12.2 Å². The molecule has 142 valence electrons. The zero-order chi connectivity index (χ0) is 19.2. The third-order valence-electron chi connectivity index (χ3n) is 4.98. The van der Waals surface area contributed by atoms with E-state index in [1.54, 1.807) is 21.0 Å². The molecule has 0 fully saturated rings. The summed E-state index contributed by atoms with van der Waals surface area (Å²) in [6, 6.07) is 0. The fourth-order valence-corrected chi connectivity index (χ4v) is 3.52. The molecule has 1 aliphatic carbocycles. The predicted molar refractivity (Wildman–Crippen MR) is 89.4 cm³/mol. The van der Waals surface area contributed by atoms with E-state index in [0.29, 0.717) is 13.0 Å². The van der Waals surface area contributed by atoms with Crippen LogP contribution in [0.25, 0.3) is 0 Å². The Morgan fingerprint density at radius 2 is 1.56 bits per heavy atom. The van der Waals surface area contributed by atoms with Crippen LogP contribution in [0.5, 0.6) is 0 Å². The fourth-order valence-electron chi connectivity index (χ4n) is 3.52. The third-order valence-corrected chi connectivity index (χ3v) is 4.98. The van der Waals surface area contributed by atoms with Gasteiger partial charge < -0.3 is 18.9 Å². The molecule has 7 heteroatoms. The van der Waals surface area contributed by atoms with Gasteiger partial charge in [-0.3, -0.25) is 14.4 Å². The highest BCUT2D eigenvalue weighted by Gasteiger charge is 2.47. The second-order valence-electron chi connectivity index (χ2n) is 6.75. The number of rotatable bonds is 7. The van der Waals surface area contributed by atoms with Crippen molar-refractivity contribution in [2.75, 3.05) is 35.0 Å². The molecule has 1 aliphatic rings. The summed E-state index contributed by atoms with van der Waals surface area (Å²) >= 11 is 0. The molecule has 0 spiro atoms. The van der Waals surface area contributed by atoms with Crippen molar-refractivity contribution >= 4 is 17.9 Å². The van der Waals surface area contributed by atoms with Gasteiger partial charge in [0.15, 0.2) is 5.92 Å². The molecule has 0 radical (unpaired) electrons. The Hall–Kier alpha value is -1.89. The molecular formula is C18H28O7. The van der Waals surface area contributed by atoms with Gasteiger partial charge in [-0.15, -0.1) is 0 Å². The quantitative estimate of drug-likeness (QED) is 0.296. The summed E-state index contributed by atoms with van der Waals surface area (Å²) in [6.07, 6.45) is 4.14. The molecule has 0 saturated heterocycles. The van der Waals surface area contributed by atoms with E-state index in [1.807, 2.05) is 12.2 Å². The van der Waals surface area contributed by atoms with Gasteiger partial charge in [-0.25, -0.2) is 0 Å². The molecule has 0 saturated carbocycles. The largest absolute Gasteiger partial charge is 0.469 e. The first-order valence-electron chi connectivity index (χ1n) is 8.15. The molecule has 3 atom stereocenters. The molecule has 0 bridgehead atoms. The summed E-state index contributed by atoms with van der Waals surface area (Å²) in [5.41, 5.74) is -0.808. The van der Waals surface area contributed by atoms with E-state index in [0.717, 1.165) is 0 Å². The number of methoxy groups -OCH3 is 4. The third kappa shape index (κ3) is 4.60. The average Bonchev–Trinajstić information content (AvgIpc) is 2.61. The van der Waals surface area contributed by atoms with Crippen LogP contribution in [0, 0.1) is 29.1 Å². The number of esters is 3. The van der Waals surface area contributed by atoms with Crippen LogP contribution in [0.4, 0.5) is 0 Å². The molecule has 0 N–H and O–H groups in total. The number of ether oxygens (including phenoxy) is 4. The molecule has 0 aromatic rings. The molecule has 0 amide bonds. The lowest BCUT2D eigenvalue weighted by molar-refractivity contribution is -0.162. The Morgan fingerprint density at radius 1 is 1.00 bits per heavy atom. The van der Waals surface area contributed by atoms with Crippen molar-refractivity contribution < 1.29 is 33.3 Å². The van der Waals surface area contributed by atoms with Crippen LogP contribution in [-0.2, 0) is 33.3 Å². The van der Waals surface area contributed by atoms with Gasteiger partial charge >= 0.3 is 17.9 Å². The van der Waals surface area contributed by atoms with Gasteiger partial charge in [-0.1, -0.05) is 12.2 Å². The minimum Gasteiger partial charge on any atom is -0.469 e. The number of allylic oxidation sites excluding steroid dienone is 1. The lowest BCUT2D eigenvalue weighted by atomic mass is 9.64. The average molecular weight is 356 g/mol. The highest BCUT2D eigenvalue weighted by molar-refractivity contribution is 5.95. The van der Waals surface area contributed by atoms with Crippen molar-refractivity contribution in [2.24, 2.45) is 29.1 Å². The van der Waals surface area contributed by atoms with E-state index < -0.39 is 29.2 Å². The number of hydrogen-bond acceptors (Lipinski definition) is 7. The molecule has 25 heavy (non-hydrogen) atoms. The standard InChI is InChI=1S/C18H28O7/c1-18(2,17(21)25-6)13-9-11(7-8-12(13)10-22-3)14(15(19)23-4)16(20)24-5/h7-8,11-14H,9-10H2,1-6H3/t11-,12-,13-/m1/s1. The maximum absolute atomic E-state index is 12.3. The molecule has 0 unspecified atom stereocenters. The fraction of sp³-hybridized carbons (Fsp3) is 0.722. The molecule has 0 aliphatic heterocycles. The van der Waals surface area contributed by atoms with Crippen LogP contribution in [0.1, 0.15) is 20.3 Å². The first kappa shape index (κ1) is 21.2. The smallest absolute Gasteiger partial charge is 0.320 e. The Morgan fingerprint density at radius 3 is 2.00 bits per heavy atom. The minimum absolute atomic E-state index is 0.0358. The summed E-state index contributed by atoms with van der Waals surface area (Å²) in [7, 11) is 5.40. The molecule has 0 heterocycles. The van der Waals surface area contributed by atoms with E-state index >= 15 is 0 Å². The maximum Gasteiger partial charge on any atom is 0.320 e. The molecular weight excluding hydrogens is 328 g/mol. The van der Waals surface area contributed by atoms with E-state index in [1.165, 1.54) is 21.3 Å². The van der Waals surface area contributed by atoms with Gasteiger partial charge in [0, 0.05) is 18.9 Å². The zero-order valence-corrected chi connectivity index (χ0v) is 15.7. The zero-order valence-electron chi connectivity index (χ0n) is 15.7. The van der Waals surface area contributed by atoms with E-state index in [9.17, 15) is 14.4 Å². The maximum atomic E-state index is 12.3. The van der Waals surface area contributed by atoms with Crippen LogP contribution >= 0.6 is 0 Å². The van der Waals surface area contributed by atoms with Crippen molar-refractivity contribution in [1.82, 2.24) is 0 Å². The van der Waals surface area contributed by atoms with Crippen molar-refractivity contribution in [2.45, 2.75) is 20.3 Å². The topological polar surface area (TPSA) is 88.1 Å². The van der Waals surface area contributed by atoms with Gasteiger partial charge in [-0.2, -0.15) is 0 Å². The van der Waals surface area contributed by atoms with Gasteiger partial charge in [0.2, 0.25) is 0 Å². The Bertz CT molecular complexity index is 508. The number of hydrogen-bond donors (Lipinski definition) is 0. The van der Waals surface area contributed by atoms with Gasteiger partial charge in [0.05, 0.1) is 33.4 Å². The lowest BCUT2D eigenvalue weighted by Gasteiger charge is -2.41. The monoisotopic (exact) mass is 356 g/mol. The molecule has 1 rings (SSSR count). The number of carbonyl (C=O) groups is 3. The Balaban J connectivity index is 3.21. The Labute approximate surface area is 148 Å². The van der Waals surface area contributed by atoms with Crippen molar-refractivity contribution in [3.05, 3.63) is 12.2 Å². The number of carbonyl (C=O) groups excluding carboxylic acids is 3.